The van der Waals surface area contributed by atoms with Crippen LogP contribution in [0.2, 0.25) is 0 Å². The first-order chi connectivity index (χ1) is 15.7. The Labute approximate surface area is 194 Å². The molecule has 2 aliphatic heterocycles. The van der Waals surface area contributed by atoms with Crippen LogP contribution in [0.4, 0.5) is 11.6 Å². The molecular formula is C24H33N5O2S. The van der Waals surface area contributed by atoms with Crippen LogP contribution in [-0.2, 0) is 28.9 Å². The van der Waals surface area contributed by atoms with E-state index >= 15 is 0 Å². The molecule has 0 bridgehead atoms. The molecule has 0 spiro atoms. The third kappa shape index (κ3) is 4.81. The van der Waals surface area contributed by atoms with E-state index in [4.69, 9.17) is 4.74 Å². The number of hydrogen-bond donors (Lipinski definition) is 1. The van der Waals surface area contributed by atoms with Crippen molar-refractivity contribution >= 4 is 29.3 Å². The molecule has 0 radical (unpaired) electrons. The van der Waals surface area contributed by atoms with Crippen molar-refractivity contribution in [3.8, 4) is 0 Å². The van der Waals surface area contributed by atoms with E-state index < -0.39 is 0 Å². The molecule has 3 heterocycles. The Bertz CT molecular complexity index is 950. The number of ether oxygens (including phenoxy) is 1. The highest BCUT2D eigenvalue weighted by Crippen LogP contribution is 2.30. The van der Waals surface area contributed by atoms with Gasteiger partial charge in [0.05, 0.1) is 17.9 Å². The number of hydrogen-bond acceptors (Lipinski definition) is 6. The fourth-order valence-electron chi connectivity index (χ4n) is 4.95. The second kappa shape index (κ2) is 9.83. The summed E-state index contributed by atoms with van der Waals surface area (Å²) < 4.78 is 8.09. The van der Waals surface area contributed by atoms with Crippen molar-refractivity contribution in [3.63, 3.8) is 0 Å². The van der Waals surface area contributed by atoms with Gasteiger partial charge in [-0.25, -0.2) is 0 Å². The highest BCUT2D eigenvalue weighted by atomic mass is 32.2. The molecule has 1 aromatic heterocycles. The first kappa shape index (κ1) is 21.8. The molecule has 8 heteroatoms. The number of carbonyl (C=O) groups is 1. The van der Waals surface area contributed by atoms with E-state index in [1.54, 1.807) is 0 Å². The summed E-state index contributed by atoms with van der Waals surface area (Å²) in [4.78, 5) is 15.3. The molecular weight excluding hydrogens is 422 g/mol. The first-order valence-corrected chi connectivity index (χ1v) is 12.9. The van der Waals surface area contributed by atoms with Gasteiger partial charge < -0.3 is 15.0 Å². The molecule has 5 rings (SSSR count). The Kier molecular flexibility index (Phi) is 6.69. The standard InChI is InChI=1S/C24H33N5O2S/c1-17(22(30)25-20-11-10-18-7-5-8-19(18)15-20)32-24-27-26-23(28-12-3-2-4-13-28)29(24)16-21-9-6-14-31-21/h10-11,15,17,21H,2-9,12-14,16H2,1H3,(H,25,30). The van der Waals surface area contributed by atoms with E-state index in [2.05, 4.69) is 37.1 Å². The van der Waals surface area contributed by atoms with Gasteiger partial charge in [-0.05, 0) is 81.5 Å². The summed E-state index contributed by atoms with van der Waals surface area (Å²) in [6, 6.07) is 6.30. The van der Waals surface area contributed by atoms with Crippen molar-refractivity contribution in [2.75, 3.05) is 29.9 Å². The zero-order chi connectivity index (χ0) is 21.9. The van der Waals surface area contributed by atoms with Gasteiger partial charge in [-0.1, -0.05) is 17.8 Å². The van der Waals surface area contributed by atoms with Gasteiger partial charge in [-0.15, -0.1) is 10.2 Å². The number of aromatic nitrogens is 3. The Morgan fingerprint density at radius 3 is 2.81 bits per heavy atom. The summed E-state index contributed by atoms with van der Waals surface area (Å²) in [5, 5.41) is 12.7. The zero-order valence-corrected chi connectivity index (χ0v) is 19.7. The van der Waals surface area contributed by atoms with Gasteiger partial charge in [0.25, 0.3) is 0 Å². The van der Waals surface area contributed by atoms with Gasteiger partial charge in [0, 0.05) is 25.4 Å². The van der Waals surface area contributed by atoms with E-state index in [0.717, 1.165) is 68.7 Å². The number of piperidine rings is 1. The number of aryl methyl sites for hydroxylation is 2. The summed E-state index contributed by atoms with van der Waals surface area (Å²) in [5.74, 6) is 0.924. The topological polar surface area (TPSA) is 72.3 Å². The molecule has 2 atom stereocenters. The van der Waals surface area contributed by atoms with Gasteiger partial charge in [0.15, 0.2) is 5.16 Å². The van der Waals surface area contributed by atoms with Gasteiger partial charge in [-0.2, -0.15) is 0 Å². The number of thioether (sulfide) groups is 1. The fraction of sp³-hybridized carbons (Fsp3) is 0.625. The number of anilines is 2. The lowest BCUT2D eigenvalue weighted by Gasteiger charge is -2.28. The van der Waals surface area contributed by atoms with E-state index in [-0.39, 0.29) is 17.3 Å². The lowest BCUT2D eigenvalue weighted by atomic mass is 10.1. The Balaban J connectivity index is 1.29. The first-order valence-electron chi connectivity index (χ1n) is 12.1. The minimum atomic E-state index is -0.273. The lowest BCUT2D eigenvalue weighted by molar-refractivity contribution is -0.115. The summed E-state index contributed by atoms with van der Waals surface area (Å²) in [6.07, 6.45) is 9.49. The van der Waals surface area contributed by atoms with Crippen LogP contribution in [0.15, 0.2) is 23.4 Å². The molecule has 32 heavy (non-hydrogen) atoms. The molecule has 1 aliphatic carbocycles. The van der Waals surface area contributed by atoms with Crippen LogP contribution in [0.3, 0.4) is 0 Å². The van der Waals surface area contributed by atoms with Crippen LogP contribution >= 0.6 is 11.8 Å². The van der Waals surface area contributed by atoms with Gasteiger partial charge in [-0.3, -0.25) is 9.36 Å². The van der Waals surface area contributed by atoms with Crippen molar-refractivity contribution in [2.24, 2.45) is 0 Å². The summed E-state index contributed by atoms with van der Waals surface area (Å²) in [7, 11) is 0. The third-order valence-electron chi connectivity index (χ3n) is 6.76. The Hall–Kier alpha value is -2.06. The third-order valence-corrected chi connectivity index (χ3v) is 7.84. The molecule has 3 aliphatic rings. The van der Waals surface area contributed by atoms with Crippen molar-refractivity contribution in [2.45, 2.75) is 81.3 Å². The van der Waals surface area contributed by atoms with E-state index in [1.807, 2.05) is 13.0 Å². The van der Waals surface area contributed by atoms with Crippen LogP contribution in [0.1, 0.15) is 56.6 Å². The smallest absolute Gasteiger partial charge is 0.237 e. The zero-order valence-electron chi connectivity index (χ0n) is 18.9. The van der Waals surface area contributed by atoms with Gasteiger partial charge in [0.2, 0.25) is 11.9 Å². The second-order valence-corrected chi connectivity index (χ2v) is 10.5. The van der Waals surface area contributed by atoms with Crippen LogP contribution in [0, 0.1) is 0 Å². The molecule has 1 aromatic carbocycles. The fourth-order valence-corrected chi connectivity index (χ4v) is 5.81. The predicted octanol–water partition coefficient (Wildman–Crippen LogP) is 4.06. The highest BCUT2D eigenvalue weighted by Gasteiger charge is 2.27. The monoisotopic (exact) mass is 455 g/mol. The molecule has 2 unspecified atom stereocenters. The van der Waals surface area contributed by atoms with Crippen LogP contribution in [-0.4, -0.2) is 51.7 Å². The lowest BCUT2D eigenvalue weighted by Crippen LogP contribution is -2.33. The number of fused-ring (bicyclic) bond motifs is 1. The minimum Gasteiger partial charge on any atom is -0.376 e. The second-order valence-electron chi connectivity index (χ2n) is 9.16. The number of nitrogens with zero attached hydrogens (tertiary/aromatic N) is 4. The highest BCUT2D eigenvalue weighted by molar-refractivity contribution is 8.00. The number of nitrogens with one attached hydrogen (secondary N) is 1. The number of rotatable bonds is 7. The largest absolute Gasteiger partial charge is 0.376 e. The van der Waals surface area contributed by atoms with E-state index in [9.17, 15) is 4.79 Å². The van der Waals surface area contributed by atoms with Crippen LogP contribution < -0.4 is 10.2 Å². The maximum Gasteiger partial charge on any atom is 0.237 e. The molecule has 2 aromatic rings. The van der Waals surface area contributed by atoms with Crippen molar-refractivity contribution < 1.29 is 9.53 Å². The van der Waals surface area contributed by atoms with Crippen LogP contribution in [0.25, 0.3) is 0 Å². The molecule has 2 fully saturated rings. The van der Waals surface area contributed by atoms with Gasteiger partial charge in [0.1, 0.15) is 0 Å². The van der Waals surface area contributed by atoms with Crippen molar-refractivity contribution in [3.05, 3.63) is 29.3 Å². The molecule has 0 saturated carbocycles. The average molecular weight is 456 g/mol. The quantitative estimate of drug-likeness (QED) is 0.635. The normalized spacial score (nSPS) is 21.5. The molecule has 2 saturated heterocycles. The van der Waals surface area contributed by atoms with E-state index in [1.165, 1.54) is 48.6 Å². The Morgan fingerprint density at radius 1 is 1.16 bits per heavy atom. The SMILES string of the molecule is CC(Sc1nnc(N2CCCCC2)n1CC1CCCO1)C(=O)Nc1ccc2c(c1)CCC2. The molecule has 7 nitrogen and oxygen atoms in total. The number of benzene rings is 1. The van der Waals surface area contributed by atoms with E-state index in [0.29, 0.717) is 0 Å². The van der Waals surface area contributed by atoms with Crippen LogP contribution in [0.5, 0.6) is 0 Å². The average Bonchev–Trinajstić information content (AvgIpc) is 3.56. The minimum absolute atomic E-state index is 0.000800. The number of carbonyl (C=O) groups excluding carboxylic acids is 1. The van der Waals surface area contributed by atoms with Crippen molar-refractivity contribution in [1.82, 2.24) is 14.8 Å². The maximum absolute atomic E-state index is 13.0. The number of amides is 1. The maximum atomic E-state index is 13.0. The predicted molar refractivity (Wildman–Crippen MR) is 127 cm³/mol. The molecule has 172 valence electrons. The summed E-state index contributed by atoms with van der Waals surface area (Å²) in [6.45, 7) is 5.55. The summed E-state index contributed by atoms with van der Waals surface area (Å²) in [5.41, 5.74) is 3.67. The Morgan fingerprint density at radius 2 is 2.00 bits per heavy atom. The molecule has 1 amide bonds. The molecule has 1 N–H and O–H groups in total. The summed E-state index contributed by atoms with van der Waals surface area (Å²) >= 11 is 1.49. The van der Waals surface area contributed by atoms with Gasteiger partial charge >= 0.3 is 0 Å². The van der Waals surface area contributed by atoms with Crippen molar-refractivity contribution in [1.29, 1.82) is 0 Å².